The van der Waals surface area contributed by atoms with Crippen molar-refractivity contribution in [2.24, 2.45) is 10.9 Å². The van der Waals surface area contributed by atoms with Gasteiger partial charge in [-0.1, -0.05) is 17.3 Å². The minimum absolute atomic E-state index is 0.00742. The minimum Gasteiger partial charge on any atom is -0.409 e. The first-order valence-electron chi connectivity index (χ1n) is 4.08. The first-order valence-corrected chi connectivity index (χ1v) is 4.08. The maximum absolute atomic E-state index is 13.4. The van der Waals surface area contributed by atoms with Gasteiger partial charge < -0.3 is 20.8 Å². The molecule has 0 radical (unpaired) electrons. The van der Waals surface area contributed by atoms with E-state index in [1.54, 1.807) is 0 Å². The molecule has 0 amide bonds. The molecule has 0 aliphatic heterocycles. The van der Waals surface area contributed by atoms with Gasteiger partial charge in [0.05, 0.1) is 0 Å². The number of ether oxygens (including phenoxy) is 1. The van der Waals surface area contributed by atoms with Crippen LogP contribution < -0.4 is 5.73 Å². The summed E-state index contributed by atoms with van der Waals surface area (Å²) >= 11 is 0. The van der Waals surface area contributed by atoms with Gasteiger partial charge in [0.1, 0.15) is 5.82 Å². The van der Waals surface area contributed by atoms with Crippen molar-refractivity contribution in [1.29, 1.82) is 0 Å². The molecule has 1 aromatic rings. The Morgan fingerprint density at radius 1 is 1.60 bits per heavy atom. The van der Waals surface area contributed by atoms with Crippen LogP contribution in [0.15, 0.2) is 23.4 Å². The molecular formula is C9H11FN2O3. The van der Waals surface area contributed by atoms with E-state index in [1.807, 2.05) is 0 Å². The van der Waals surface area contributed by atoms with Crippen molar-refractivity contribution in [2.75, 3.05) is 7.11 Å². The number of hydrogen-bond donors (Lipinski definition) is 3. The van der Waals surface area contributed by atoms with Crippen LogP contribution in [0.5, 0.6) is 0 Å². The van der Waals surface area contributed by atoms with Crippen LogP contribution >= 0.6 is 0 Å². The Balaban J connectivity index is 3.08. The summed E-state index contributed by atoms with van der Waals surface area (Å²) in [6, 6.07) is 3.76. The molecule has 0 spiro atoms. The highest BCUT2D eigenvalue weighted by Gasteiger charge is 2.13. The van der Waals surface area contributed by atoms with Crippen molar-refractivity contribution < 1.29 is 19.4 Å². The Bertz CT molecular complexity index is 382. The van der Waals surface area contributed by atoms with Crippen LogP contribution in [-0.2, 0) is 4.74 Å². The van der Waals surface area contributed by atoms with E-state index in [0.717, 1.165) is 6.07 Å². The quantitative estimate of drug-likeness (QED) is 0.225. The van der Waals surface area contributed by atoms with Gasteiger partial charge in [-0.25, -0.2) is 4.39 Å². The average molecular weight is 214 g/mol. The largest absolute Gasteiger partial charge is 0.409 e. The molecule has 6 heteroatoms. The summed E-state index contributed by atoms with van der Waals surface area (Å²) in [6.07, 6.45) is -1.33. The molecule has 5 nitrogen and oxygen atoms in total. The summed E-state index contributed by atoms with van der Waals surface area (Å²) in [4.78, 5) is 0. The van der Waals surface area contributed by atoms with Gasteiger partial charge in [0.25, 0.3) is 0 Å². The van der Waals surface area contributed by atoms with Gasteiger partial charge in [0.2, 0.25) is 0 Å². The lowest BCUT2D eigenvalue weighted by molar-refractivity contribution is -0.0790. The van der Waals surface area contributed by atoms with E-state index in [0.29, 0.717) is 0 Å². The lowest BCUT2D eigenvalue weighted by atomic mass is 10.1. The maximum Gasteiger partial charge on any atom is 0.183 e. The standard InChI is InChI=1S/C9H11FN2O3/c1-15-9(13)6-3-2-5(4-7(6)10)8(11)12-14/h2-4,9,13-14H,1H3,(H2,11,12). The highest BCUT2D eigenvalue weighted by atomic mass is 19.1. The van der Waals surface area contributed by atoms with Crippen molar-refractivity contribution in [3.63, 3.8) is 0 Å². The third-order valence-corrected chi connectivity index (χ3v) is 1.89. The molecule has 15 heavy (non-hydrogen) atoms. The van der Waals surface area contributed by atoms with Crippen LogP contribution in [0, 0.1) is 5.82 Å². The number of halogens is 1. The van der Waals surface area contributed by atoms with E-state index in [4.69, 9.17) is 10.9 Å². The SMILES string of the molecule is COC(O)c1ccc(/C(N)=N/O)cc1F. The topological polar surface area (TPSA) is 88.1 Å². The van der Waals surface area contributed by atoms with Crippen molar-refractivity contribution in [1.82, 2.24) is 0 Å². The number of aliphatic hydroxyl groups excluding tert-OH is 1. The molecule has 1 atom stereocenters. The molecule has 1 rings (SSSR count). The second-order valence-electron chi connectivity index (χ2n) is 2.81. The van der Waals surface area contributed by atoms with E-state index >= 15 is 0 Å². The number of rotatable bonds is 3. The summed E-state index contributed by atoms with van der Waals surface area (Å²) < 4.78 is 17.9. The highest BCUT2D eigenvalue weighted by molar-refractivity contribution is 5.97. The van der Waals surface area contributed by atoms with Crippen LogP contribution in [0.4, 0.5) is 4.39 Å². The van der Waals surface area contributed by atoms with Gasteiger partial charge in [-0.05, 0) is 6.07 Å². The Morgan fingerprint density at radius 3 is 2.73 bits per heavy atom. The van der Waals surface area contributed by atoms with Gasteiger partial charge in [-0.15, -0.1) is 0 Å². The van der Waals surface area contributed by atoms with Crippen molar-refractivity contribution in [3.05, 3.63) is 35.1 Å². The van der Waals surface area contributed by atoms with Gasteiger partial charge in [0, 0.05) is 18.2 Å². The van der Waals surface area contributed by atoms with E-state index in [-0.39, 0.29) is 17.0 Å². The molecular weight excluding hydrogens is 203 g/mol. The van der Waals surface area contributed by atoms with Crippen LogP contribution in [-0.4, -0.2) is 23.3 Å². The lowest BCUT2D eigenvalue weighted by Gasteiger charge is -2.10. The number of benzene rings is 1. The second-order valence-corrected chi connectivity index (χ2v) is 2.81. The van der Waals surface area contributed by atoms with E-state index in [1.165, 1.54) is 19.2 Å². The van der Waals surface area contributed by atoms with Crippen LogP contribution in [0.3, 0.4) is 0 Å². The maximum atomic E-state index is 13.4. The number of hydrogen-bond acceptors (Lipinski definition) is 4. The van der Waals surface area contributed by atoms with Crippen molar-refractivity contribution in [3.8, 4) is 0 Å². The molecule has 0 heterocycles. The van der Waals surface area contributed by atoms with Crippen LogP contribution in [0.1, 0.15) is 17.4 Å². The number of nitrogens with zero attached hydrogens (tertiary/aromatic N) is 1. The number of aliphatic hydroxyl groups is 1. The highest BCUT2D eigenvalue weighted by Crippen LogP contribution is 2.18. The van der Waals surface area contributed by atoms with Gasteiger partial charge >= 0.3 is 0 Å². The first kappa shape index (κ1) is 11.4. The summed E-state index contributed by atoms with van der Waals surface area (Å²) in [5.74, 6) is -0.888. The molecule has 0 bridgehead atoms. The zero-order chi connectivity index (χ0) is 11.4. The summed E-state index contributed by atoms with van der Waals surface area (Å²) in [6.45, 7) is 0. The molecule has 0 fully saturated rings. The van der Waals surface area contributed by atoms with Crippen LogP contribution in [0.25, 0.3) is 0 Å². The molecule has 4 N–H and O–H groups in total. The monoisotopic (exact) mass is 214 g/mol. The predicted octanol–water partition coefficient (Wildman–Crippen LogP) is 0.557. The fourth-order valence-corrected chi connectivity index (χ4v) is 1.07. The molecule has 0 aromatic heterocycles. The summed E-state index contributed by atoms with van der Waals surface area (Å²) in [7, 11) is 1.25. The van der Waals surface area contributed by atoms with Gasteiger partial charge in [0.15, 0.2) is 12.1 Å². The molecule has 1 unspecified atom stereocenters. The Hall–Kier alpha value is -1.66. The number of methoxy groups -OCH3 is 1. The fraction of sp³-hybridized carbons (Fsp3) is 0.222. The molecule has 0 saturated heterocycles. The van der Waals surface area contributed by atoms with Crippen molar-refractivity contribution in [2.45, 2.75) is 6.29 Å². The van der Waals surface area contributed by atoms with Crippen molar-refractivity contribution >= 4 is 5.84 Å². The smallest absolute Gasteiger partial charge is 0.183 e. The zero-order valence-electron chi connectivity index (χ0n) is 8.01. The van der Waals surface area contributed by atoms with E-state index < -0.39 is 12.1 Å². The van der Waals surface area contributed by atoms with E-state index in [2.05, 4.69) is 9.89 Å². The third kappa shape index (κ3) is 2.42. The molecule has 0 saturated carbocycles. The molecule has 82 valence electrons. The average Bonchev–Trinajstić information content (AvgIpc) is 2.26. The third-order valence-electron chi connectivity index (χ3n) is 1.89. The number of oxime groups is 1. The van der Waals surface area contributed by atoms with Gasteiger partial charge in [-0.3, -0.25) is 0 Å². The predicted molar refractivity (Wildman–Crippen MR) is 50.9 cm³/mol. The first-order chi connectivity index (χ1) is 7.10. The molecule has 1 aromatic carbocycles. The number of amidine groups is 1. The Labute approximate surface area is 85.6 Å². The normalized spacial score (nSPS) is 13.9. The Kier molecular flexibility index (Phi) is 3.59. The van der Waals surface area contributed by atoms with E-state index in [9.17, 15) is 9.50 Å². The fourth-order valence-electron chi connectivity index (χ4n) is 1.07. The zero-order valence-corrected chi connectivity index (χ0v) is 8.01. The summed E-state index contributed by atoms with van der Waals surface area (Å²) in [5.41, 5.74) is 5.48. The lowest BCUT2D eigenvalue weighted by Crippen LogP contribution is -2.14. The van der Waals surface area contributed by atoms with Crippen LogP contribution in [0.2, 0.25) is 0 Å². The minimum atomic E-state index is -1.33. The van der Waals surface area contributed by atoms with Gasteiger partial charge in [-0.2, -0.15) is 0 Å². The molecule has 0 aliphatic rings. The number of nitrogens with two attached hydrogens (primary N) is 1. The second kappa shape index (κ2) is 4.72. The Morgan fingerprint density at radius 2 is 2.27 bits per heavy atom. The summed E-state index contributed by atoms with van der Waals surface area (Å²) in [5, 5.41) is 20.3. The molecule has 0 aliphatic carbocycles.